The zero-order valence-corrected chi connectivity index (χ0v) is 14.9. The number of methoxy groups -OCH3 is 1. The molecule has 0 saturated carbocycles. The molecule has 0 bridgehead atoms. The minimum absolute atomic E-state index is 0.110. The first-order valence-corrected chi connectivity index (χ1v) is 8.51. The highest BCUT2D eigenvalue weighted by Crippen LogP contribution is 2.36. The van der Waals surface area contributed by atoms with E-state index in [1.807, 2.05) is 0 Å². The van der Waals surface area contributed by atoms with Crippen molar-refractivity contribution in [2.75, 3.05) is 12.0 Å². The molecule has 24 heavy (non-hydrogen) atoms. The van der Waals surface area contributed by atoms with Gasteiger partial charge in [-0.25, -0.2) is 4.90 Å². The van der Waals surface area contributed by atoms with E-state index in [1.165, 1.54) is 6.07 Å². The number of carbonyl (C=O) groups is 2. The van der Waals surface area contributed by atoms with Crippen LogP contribution in [0.3, 0.4) is 0 Å². The molecule has 0 aliphatic carbocycles. The molecule has 2 aromatic carbocycles. The number of phenols is 1. The normalized spacial score (nSPS) is 16.1. The molecule has 1 saturated heterocycles. The van der Waals surface area contributed by atoms with E-state index in [2.05, 4.69) is 15.9 Å². The van der Waals surface area contributed by atoms with Crippen LogP contribution >= 0.6 is 27.7 Å². The Labute approximate surface area is 151 Å². The highest BCUT2D eigenvalue weighted by Gasteiger charge is 2.36. The number of imide groups is 1. The summed E-state index contributed by atoms with van der Waals surface area (Å²) in [5.41, 5.74) is 1.20. The summed E-state index contributed by atoms with van der Waals surface area (Å²) >= 11 is 4.11. The molecule has 1 fully saturated rings. The first kappa shape index (κ1) is 16.6. The summed E-state index contributed by atoms with van der Waals surface area (Å²) in [5.74, 6) is 0.382. The summed E-state index contributed by atoms with van der Waals surface area (Å²) in [7, 11) is 1.55. The van der Waals surface area contributed by atoms with Crippen molar-refractivity contribution in [2.45, 2.75) is 0 Å². The highest BCUT2D eigenvalue weighted by atomic mass is 79.9. The summed E-state index contributed by atoms with van der Waals surface area (Å²) in [5, 5.41) is 9.17. The molecular weight excluding hydrogens is 394 g/mol. The number of carbonyl (C=O) groups excluding carboxylic acids is 2. The molecule has 0 spiro atoms. The van der Waals surface area contributed by atoms with Gasteiger partial charge in [-0.1, -0.05) is 6.07 Å². The SMILES string of the molecule is COc1ccc(N2C(=O)S/C(=C/c3ccc(O)c(Br)c3)C2=O)cc1. The van der Waals surface area contributed by atoms with Crippen LogP contribution in [0.15, 0.2) is 51.8 Å². The standard InChI is InChI=1S/C17H12BrNO4S/c1-23-12-5-3-11(4-6-12)19-16(21)15(24-17(19)22)9-10-2-7-14(20)13(18)8-10/h2-9,20H,1H3/b15-9+. The van der Waals surface area contributed by atoms with Gasteiger partial charge in [0, 0.05) is 0 Å². The van der Waals surface area contributed by atoms with Gasteiger partial charge in [-0.2, -0.15) is 0 Å². The number of anilines is 1. The van der Waals surface area contributed by atoms with E-state index in [0.29, 0.717) is 26.4 Å². The molecule has 2 aromatic rings. The topological polar surface area (TPSA) is 66.8 Å². The van der Waals surface area contributed by atoms with E-state index in [0.717, 1.165) is 16.7 Å². The molecule has 7 heteroatoms. The Morgan fingerprint density at radius 2 is 1.88 bits per heavy atom. The van der Waals surface area contributed by atoms with Crippen LogP contribution in [0, 0.1) is 0 Å². The fraction of sp³-hybridized carbons (Fsp3) is 0.0588. The van der Waals surface area contributed by atoms with Crippen molar-refractivity contribution in [1.29, 1.82) is 0 Å². The van der Waals surface area contributed by atoms with Crippen LogP contribution < -0.4 is 9.64 Å². The summed E-state index contributed by atoms with van der Waals surface area (Å²) in [6.07, 6.45) is 1.62. The summed E-state index contributed by atoms with van der Waals surface area (Å²) in [6.45, 7) is 0. The molecule has 1 heterocycles. The fourth-order valence-electron chi connectivity index (χ4n) is 2.19. The van der Waals surface area contributed by atoms with Gasteiger partial charge in [-0.15, -0.1) is 0 Å². The maximum absolute atomic E-state index is 12.6. The number of phenolic OH excluding ortho intramolecular Hbond substituents is 1. The number of halogens is 1. The molecule has 0 unspecified atom stereocenters. The Kier molecular flexibility index (Phi) is 4.64. The van der Waals surface area contributed by atoms with Crippen LogP contribution in [0.2, 0.25) is 0 Å². The minimum atomic E-state index is -0.376. The molecule has 0 radical (unpaired) electrons. The van der Waals surface area contributed by atoms with Gasteiger partial charge in [-0.05, 0) is 75.7 Å². The third-order valence-electron chi connectivity index (χ3n) is 3.39. The molecular formula is C17H12BrNO4S. The van der Waals surface area contributed by atoms with E-state index in [9.17, 15) is 14.7 Å². The third kappa shape index (κ3) is 3.18. The van der Waals surface area contributed by atoms with Gasteiger partial charge in [0.1, 0.15) is 11.5 Å². The Balaban J connectivity index is 1.90. The number of aromatic hydroxyl groups is 1. The molecule has 0 aromatic heterocycles. The minimum Gasteiger partial charge on any atom is -0.507 e. The number of amides is 2. The van der Waals surface area contributed by atoms with E-state index in [-0.39, 0.29) is 16.9 Å². The van der Waals surface area contributed by atoms with Crippen LogP contribution in [0.1, 0.15) is 5.56 Å². The molecule has 5 nitrogen and oxygen atoms in total. The lowest BCUT2D eigenvalue weighted by Crippen LogP contribution is -2.27. The van der Waals surface area contributed by atoms with Gasteiger partial charge in [0.05, 0.1) is 22.2 Å². The van der Waals surface area contributed by atoms with Crippen molar-refractivity contribution < 1.29 is 19.4 Å². The number of hydrogen-bond acceptors (Lipinski definition) is 5. The van der Waals surface area contributed by atoms with E-state index < -0.39 is 0 Å². The number of rotatable bonds is 3. The molecule has 1 aliphatic rings. The fourth-order valence-corrected chi connectivity index (χ4v) is 3.42. The quantitative estimate of drug-likeness (QED) is 0.766. The molecule has 122 valence electrons. The molecule has 0 atom stereocenters. The van der Waals surface area contributed by atoms with Crippen LogP contribution in [0.4, 0.5) is 10.5 Å². The Hall–Kier alpha value is -2.25. The van der Waals surface area contributed by atoms with Crippen LogP contribution in [-0.4, -0.2) is 23.4 Å². The second kappa shape index (κ2) is 6.70. The lowest BCUT2D eigenvalue weighted by molar-refractivity contribution is -0.113. The van der Waals surface area contributed by atoms with Gasteiger partial charge in [0.25, 0.3) is 11.1 Å². The maximum Gasteiger partial charge on any atom is 0.298 e. The lowest BCUT2D eigenvalue weighted by atomic mass is 10.2. The average molecular weight is 406 g/mol. The number of thioether (sulfide) groups is 1. The average Bonchev–Trinajstić information content (AvgIpc) is 2.85. The molecule has 2 amide bonds. The van der Waals surface area contributed by atoms with E-state index in [1.54, 1.807) is 49.6 Å². The maximum atomic E-state index is 12.6. The van der Waals surface area contributed by atoms with E-state index >= 15 is 0 Å². The van der Waals surface area contributed by atoms with Crippen LogP contribution in [0.25, 0.3) is 6.08 Å². The number of benzene rings is 2. The molecule has 1 N–H and O–H groups in total. The smallest absolute Gasteiger partial charge is 0.298 e. The summed E-state index contributed by atoms with van der Waals surface area (Å²) < 4.78 is 5.60. The lowest BCUT2D eigenvalue weighted by Gasteiger charge is -2.12. The second-order valence-electron chi connectivity index (χ2n) is 4.93. The largest absolute Gasteiger partial charge is 0.507 e. The van der Waals surface area contributed by atoms with Gasteiger partial charge in [0.15, 0.2) is 0 Å². The third-order valence-corrected chi connectivity index (χ3v) is 4.90. The highest BCUT2D eigenvalue weighted by molar-refractivity contribution is 9.10. The Bertz CT molecular complexity index is 848. The number of ether oxygens (including phenoxy) is 1. The van der Waals surface area contributed by atoms with E-state index in [4.69, 9.17) is 4.74 Å². The van der Waals surface area contributed by atoms with Gasteiger partial charge < -0.3 is 9.84 Å². The first-order chi connectivity index (χ1) is 11.5. The monoisotopic (exact) mass is 405 g/mol. The molecule has 3 rings (SSSR count). The zero-order chi connectivity index (χ0) is 17.3. The predicted octanol–water partition coefficient (Wildman–Crippen LogP) is 4.40. The van der Waals surface area contributed by atoms with Crippen molar-refractivity contribution in [3.63, 3.8) is 0 Å². The Morgan fingerprint density at radius 1 is 1.17 bits per heavy atom. The van der Waals surface area contributed by atoms with Crippen molar-refractivity contribution >= 4 is 50.6 Å². The second-order valence-corrected chi connectivity index (χ2v) is 6.77. The summed E-state index contributed by atoms with van der Waals surface area (Å²) in [6, 6.07) is 11.6. The number of hydrogen-bond donors (Lipinski definition) is 1. The van der Waals surface area contributed by atoms with Crippen LogP contribution in [-0.2, 0) is 4.79 Å². The Morgan fingerprint density at radius 3 is 2.50 bits per heavy atom. The predicted molar refractivity (Wildman–Crippen MR) is 97.3 cm³/mol. The first-order valence-electron chi connectivity index (χ1n) is 6.90. The van der Waals surface area contributed by atoms with Crippen molar-refractivity contribution in [3.05, 3.63) is 57.4 Å². The summed E-state index contributed by atoms with van der Waals surface area (Å²) in [4.78, 5) is 26.2. The van der Waals surface area contributed by atoms with Crippen molar-refractivity contribution in [2.24, 2.45) is 0 Å². The molecule has 1 aliphatic heterocycles. The van der Waals surface area contributed by atoms with Gasteiger partial charge in [0.2, 0.25) is 0 Å². The van der Waals surface area contributed by atoms with Gasteiger partial charge >= 0.3 is 0 Å². The van der Waals surface area contributed by atoms with Crippen molar-refractivity contribution in [3.8, 4) is 11.5 Å². The van der Waals surface area contributed by atoms with Crippen LogP contribution in [0.5, 0.6) is 11.5 Å². The zero-order valence-electron chi connectivity index (χ0n) is 12.5. The van der Waals surface area contributed by atoms with Gasteiger partial charge in [-0.3, -0.25) is 9.59 Å². The van der Waals surface area contributed by atoms with Crippen molar-refractivity contribution in [1.82, 2.24) is 0 Å². The number of nitrogens with zero attached hydrogens (tertiary/aromatic N) is 1.